The summed E-state index contributed by atoms with van der Waals surface area (Å²) in [6.45, 7) is 1.98. The van der Waals surface area contributed by atoms with Gasteiger partial charge in [0.15, 0.2) is 0 Å². The van der Waals surface area contributed by atoms with Crippen LogP contribution in [0.3, 0.4) is 0 Å². The van der Waals surface area contributed by atoms with Crippen molar-refractivity contribution in [3.05, 3.63) is 28.6 Å². The molecule has 19 heavy (non-hydrogen) atoms. The normalized spacial score (nSPS) is 18.5. The summed E-state index contributed by atoms with van der Waals surface area (Å²) in [5.41, 5.74) is 0.497. The van der Waals surface area contributed by atoms with Crippen molar-refractivity contribution < 1.29 is 10.0 Å². The molecule has 104 valence electrons. The predicted octanol–water partition coefficient (Wildman–Crippen LogP) is 0.540. The molecule has 0 aliphatic carbocycles. The molecule has 1 fully saturated rings. The van der Waals surface area contributed by atoms with Gasteiger partial charge in [-0.2, -0.15) is 0 Å². The second kappa shape index (κ2) is 6.44. The molecule has 2 heterocycles. The molecule has 1 atom stereocenters. The molecule has 0 saturated carbocycles. The lowest BCUT2D eigenvalue weighted by molar-refractivity contribution is -0.384. The van der Waals surface area contributed by atoms with Crippen LogP contribution >= 0.6 is 0 Å². The first-order valence-electron chi connectivity index (χ1n) is 6.40. The minimum atomic E-state index is -0.436. The molecule has 2 N–H and O–H groups in total. The van der Waals surface area contributed by atoms with Crippen molar-refractivity contribution in [1.29, 1.82) is 0 Å². The van der Waals surface area contributed by atoms with Crippen molar-refractivity contribution in [2.45, 2.75) is 18.9 Å². The summed E-state index contributed by atoms with van der Waals surface area (Å²) in [5, 5.41) is 23.5. The Labute approximate surface area is 111 Å². The minimum Gasteiger partial charge on any atom is -0.395 e. The van der Waals surface area contributed by atoms with Crippen LogP contribution in [0.25, 0.3) is 0 Å². The Morgan fingerprint density at radius 1 is 1.63 bits per heavy atom. The van der Waals surface area contributed by atoms with Gasteiger partial charge >= 0.3 is 5.69 Å². The number of nitrogens with zero attached hydrogens (tertiary/aromatic N) is 3. The molecule has 0 aromatic carbocycles. The largest absolute Gasteiger partial charge is 0.395 e. The number of aromatic nitrogens is 1. The van der Waals surface area contributed by atoms with E-state index in [1.54, 1.807) is 6.07 Å². The summed E-state index contributed by atoms with van der Waals surface area (Å²) in [5.74, 6) is 0. The molecule has 1 aromatic rings. The van der Waals surface area contributed by atoms with E-state index in [0.717, 1.165) is 19.4 Å². The molecular formula is C12H18N4O3. The second-order valence-corrected chi connectivity index (χ2v) is 4.58. The number of nitrogens with one attached hydrogen (secondary N) is 1. The maximum Gasteiger partial charge on any atom is 0.310 e. The standard InChI is InChI=1S/C12H18N4O3/c17-7-6-15(9-10-2-1-4-14-10)11-3-5-13-8-12(11)16(18)19/h3,5,8,10,14,17H,1-2,4,6-7,9H2. The van der Waals surface area contributed by atoms with E-state index >= 15 is 0 Å². The third kappa shape index (κ3) is 3.39. The molecule has 0 spiro atoms. The highest BCUT2D eigenvalue weighted by atomic mass is 16.6. The fourth-order valence-electron chi connectivity index (χ4n) is 2.40. The molecule has 7 nitrogen and oxygen atoms in total. The van der Waals surface area contributed by atoms with Gasteiger partial charge in [0.1, 0.15) is 11.9 Å². The highest BCUT2D eigenvalue weighted by Gasteiger charge is 2.23. The second-order valence-electron chi connectivity index (χ2n) is 4.58. The third-order valence-electron chi connectivity index (χ3n) is 3.29. The number of pyridine rings is 1. The van der Waals surface area contributed by atoms with Crippen LogP contribution in [-0.2, 0) is 0 Å². The van der Waals surface area contributed by atoms with E-state index in [1.807, 2.05) is 4.90 Å². The summed E-state index contributed by atoms with van der Waals surface area (Å²) >= 11 is 0. The van der Waals surface area contributed by atoms with Crippen LogP contribution in [0.1, 0.15) is 12.8 Å². The van der Waals surface area contributed by atoms with Crippen molar-refractivity contribution in [2.75, 3.05) is 31.1 Å². The molecule has 1 saturated heterocycles. The fraction of sp³-hybridized carbons (Fsp3) is 0.583. The van der Waals surface area contributed by atoms with Gasteiger partial charge in [-0.1, -0.05) is 0 Å². The molecule has 2 rings (SSSR count). The number of rotatable bonds is 6. The van der Waals surface area contributed by atoms with E-state index in [9.17, 15) is 10.1 Å². The lowest BCUT2D eigenvalue weighted by atomic mass is 10.2. The van der Waals surface area contributed by atoms with E-state index in [2.05, 4.69) is 10.3 Å². The number of aliphatic hydroxyl groups excluding tert-OH is 1. The van der Waals surface area contributed by atoms with E-state index in [-0.39, 0.29) is 12.3 Å². The van der Waals surface area contributed by atoms with Gasteiger partial charge < -0.3 is 15.3 Å². The first-order valence-corrected chi connectivity index (χ1v) is 6.40. The average Bonchev–Trinajstić information content (AvgIpc) is 2.91. The lowest BCUT2D eigenvalue weighted by Gasteiger charge is -2.26. The van der Waals surface area contributed by atoms with Crippen molar-refractivity contribution in [1.82, 2.24) is 10.3 Å². The van der Waals surface area contributed by atoms with Crippen LogP contribution in [0.15, 0.2) is 18.5 Å². The van der Waals surface area contributed by atoms with E-state index in [4.69, 9.17) is 5.11 Å². The van der Waals surface area contributed by atoms with Crippen molar-refractivity contribution in [2.24, 2.45) is 0 Å². The molecule has 1 aromatic heterocycles. The van der Waals surface area contributed by atoms with Crippen LogP contribution < -0.4 is 10.2 Å². The highest BCUT2D eigenvalue weighted by molar-refractivity contribution is 5.61. The molecule has 1 unspecified atom stereocenters. The predicted molar refractivity (Wildman–Crippen MR) is 71.2 cm³/mol. The topological polar surface area (TPSA) is 91.5 Å². The molecular weight excluding hydrogens is 248 g/mol. The quantitative estimate of drug-likeness (QED) is 0.577. The molecule has 0 amide bonds. The number of anilines is 1. The fourth-order valence-corrected chi connectivity index (χ4v) is 2.40. The number of aliphatic hydroxyl groups is 1. The van der Waals surface area contributed by atoms with Crippen LogP contribution in [0.2, 0.25) is 0 Å². The van der Waals surface area contributed by atoms with Gasteiger partial charge in [0.05, 0.1) is 11.5 Å². The van der Waals surface area contributed by atoms with Gasteiger partial charge in [-0.15, -0.1) is 0 Å². The van der Waals surface area contributed by atoms with E-state index in [0.29, 0.717) is 24.8 Å². The van der Waals surface area contributed by atoms with Crippen LogP contribution in [0.4, 0.5) is 11.4 Å². The first kappa shape index (κ1) is 13.7. The Morgan fingerprint density at radius 2 is 2.47 bits per heavy atom. The molecule has 0 bridgehead atoms. The number of hydrogen-bond donors (Lipinski definition) is 2. The number of nitro groups is 1. The molecule has 0 radical (unpaired) electrons. The van der Waals surface area contributed by atoms with Crippen LogP contribution in [-0.4, -0.2) is 47.3 Å². The van der Waals surface area contributed by atoms with Crippen LogP contribution in [0.5, 0.6) is 0 Å². The summed E-state index contributed by atoms with van der Waals surface area (Å²) in [6, 6.07) is 1.95. The van der Waals surface area contributed by atoms with Gasteiger partial charge in [0.2, 0.25) is 0 Å². The Kier molecular flexibility index (Phi) is 4.64. The molecule has 1 aliphatic rings. The zero-order valence-corrected chi connectivity index (χ0v) is 10.7. The Morgan fingerprint density at radius 3 is 3.11 bits per heavy atom. The smallest absolute Gasteiger partial charge is 0.310 e. The maximum atomic E-state index is 11.0. The summed E-state index contributed by atoms with van der Waals surface area (Å²) in [4.78, 5) is 16.2. The van der Waals surface area contributed by atoms with E-state index < -0.39 is 4.92 Å². The molecule has 7 heteroatoms. The van der Waals surface area contributed by atoms with Gasteiger partial charge in [0, 0.05) is 25.3 Å². The third-order valence-corrected chi connectivity index (χ3v) is 3.29. The highest BCUT2D eigenvalue weighted by Crippen LogP contribution is 2.27. The zero-order valence-electron chi connectivity index (χ0n) is 10.7. The van der Waals surface area contributed by atoms with E-state index in [1.165, 1.54) is 12.4 Å². The van der Waals surface area contributed by atoms with Gasteiger partial charge in [-0.05, 0) is 25.5 Å². The maximum absolute atomic E-state index is 11.0. The van der Waals surface area contributed by atoms with Crippen LogP contribution in [0, 0.1) is 10.1 Å². The van der Waals surface area contributed by atoms with Gasteiger partial charge in [0.25, 0.3) is 0 Å². The molecule has 1 aliphatic heterocycles. The SMILES string of the molecule is O=[N+]([O-])c1cnccc1N(CCO)CC1CCCN1. The summed E-state index contributed by atoms with van der Waals surface area (Å²) in [7, 11) is 0. The first-order chi connectivity index (χ1) is 9.22. The van der Waals surface area contributed by atoms with Gasteiger partial charge in [-0.3, -0.25) is 15.1 Å². The van der Waals surface area contributed by atoms with Crippen molar-refractivity contribution >= 4 is 11.4 Å². The Balaban J connectivity index is 2.19. The van der Waals surface area contributed by atoms with Crippen molar-refractivity contribution in [3.63, 3.8) is 0 Å². The lowest BCUT2D eigenvalue weighted by Crippen LogP contribution is -2.39. The Bertz CT molecular complexity index is 435. The summed E-state index contributed by atoms with van der Waals surface area (Å²) < 4.78 is 0. The van der Waals surface area contributed by atoms with Crippen molar-refractivity contribution in [3.8, 4) is 0 Å². The average molecular weight is 266 g/mol. The van der Waals surface area contributed by atoms with Gasteiger partial charge in [-0.25, -0.2) is 0 Å². The summed E-state index contributed by atoms with van der Waals surface area (Å²) in [6.07, 6.45) is 4.97. The minimum absolute atomic E-state index is 0.0195. The monoisotopic (exact) mass is 266 g/mol. The zero-order chi connectivity index (χ0) is 13.7. The Hall–Kier alpha value is -1.73. The number of hydrogen-bond acceptors (Lipinski definition) is 6.